The molecule has 0 radical (unpaired) electrons. The summed E-state index contributed by atoms with van der Waals surface area (Å²) in [6.45, 7) is 2.54. The number of nitrogens with two attached hydrogens (primary N) is 1. The van der Waals surface area contributed by atoms with Crippen LogP contribution < -0.4 is 10.5 Å². The van der Waals surface area contributed by atoms with Gasteiger partial charge >= 0.3 is 0 Å². The maximum Gasteiger partial charge on any atom is 0.246 e. The van der Waals surface area contributed by atoms with Gasteiger partial charge in [0.15, 0.2) is 28.2 Å². The van der Waals surface area contributed by atoms with E-state index in [4.69, 9.17) is 5.73 Å². The van der Waals surface area contributed by atoms with Crippen molar-refractivity contribution < 1.29 is 26.0 Å². The third-order valence-corrected chi connectivity index (χ3v) is 3.48. The van der Waals surface area contributed by atoms with E-state index in [-0.39, 0.29) is 25.0 Å². The fraction of sp³-hybridized carbons (Fsp3) is 0.400. The van der Waals surface area contributed by atoms with Gasteiger partial charge in [0.2, 0.25) is 10.0 Å². The zero-order chi connectivity index (χ0) is 15.0. The quantitative estimate of drug-likeness (QED) is 0.649. The summed E-state index contributed by atoms with van der Waals surface area (Å²) < 4.78 is 77.6. The minimum atomic E-state index is -4.76. The first-order valence-electron chi connectivity index (χ1n) is 5.07. The van der Waals surface area contributed by atoms with Crippen LogP contribution in [0.2, 0.25) is 0 Å². The lowest BCUT2D eigenvalue weighted by Gasteiger charge is -2.19. The smallest absolute Gasteiger partial charge is 0.246 e. The zero-order valence-corrected chi connectivity index (χ0v) is 12.1. The summed E-state index contributed by atoms with van der Waals surface area (Å²) in [6.07, 6.45) is 0. The van der Waals surface area contributed by atoms with Crippen molar-refractivity contribution in [2.24, 2.45) is 5.73 Å². The average molecular weight is 337 g/mol. The summed E-state index contributed by atoms with van der Waals surface area (Å²) in [5.74, 6) is -7.57. The van der Waals surface area contributed by atoms with Crippen LogP contribution in [-0.2, 0) is 10.0 Å². The highest BCUT2D eigenvalue weighted by Gasteiger charge is 2.30. The first-order chi connectivity index (χ1) is 8.46. The molecule has 0 fully saturated rings. The van der Waals surface area contributed by atoms with E-state index in [1.54, 1.807) is 4.72 Å². The lowest BCUT2D eigenvalue weighted by atomic mass is 10.1. The van der Waals surface area contributed by atoms with Gasteiger partial charge in [-0.15, -0.1) is 12.4 Å². The van der Waals surface area contributed by atoms with Crippen LogP contribution in [0.5, 0.6) is 0 Å². The molecule has 0 aliphatic heterocycles. The van der Waals surface area contributed by atoms with Crippen LogP contribution >= 0.6 is 12.4 Å². The molecule has 0 atom stereocenters. The summed E-state index contributed by atoms with van der Waals surface area (Å²) in [5.41, 5.74) is 4.49. The molecule has 0 spiro atoms. The Labute approximate surface area is 119 Å². The molecule has 1 aromatic carbocycles. The second kappa shape index (κ2) is 6.25. The Hall–Kier alpha value is -0.900. The highest BCUT2D eigenvalue weighted by molar-refractivity contribution is 7.89. The normalized spacial score (nSPS) is 12.2. The van der Waals surface area contributed by atoms with E-state index >= 15 is 0 Å². The Balaban J connectivity index is 0.00000361. The Morgan fingerprint density at radius 3 is 1.90 bits per heavy atom. The Kier molecular flexibility index (Phi) is 5.97. The molecule has 20 heavy (non-hydrogen) atoms. The van der Waals surface area contributed by atoms with Crippen LogP contribution in [0, 0.1) is 23.3 Å². The fourth-order valence-electron chi connectivity index (χ4n) is 1.14. The second-order valence-electron chi connectivity index (χ2n) is 4.61. The summed E-state index contributed by atoms with van der Waals surface area (Å²) in [4.78, 5) is -1.70. The number of rotatable bonds is 4. The van der Waals surface area contributed by atoms with Crippen molar-refractivity contribution in [1.29, 1.82) is 0 Å². The van der Waals surface area contributed by atoms with Crippen molar-refractivity contribution >= 4 is 22.4 Å². The molecule has 0 aliphatic carbocycles. The molecule has 3 N–H and O–H groups in total. The van der Waals surface area contributed by atoms with Crippen molar-refractivity contribution in [2.45, 2.75) is 24.3 Å². The number of sulfonamides is 1. The lowest BCUT2D eigenvalue weighted by Crippen LogP contribution is -2.45. The summed E-state index contributed by atoms with van der Waals surface area (Å²) >= 11 is 0. The van der Waals surface area contributed by atoms with Gasteiger partial charge in [0.1, 0.15) is 0 Å². The lowest BCUT2D eigenvalue weighted by molar-refractivity contribution is 0.416. The van der Waals surface area contributed by atoms with Gasteiger partial charge in [0.25, 0.3) is 0 Å². The SMILES string of the molecule is CC(C)(N)CNS(=O)(=O)c1c(F)c(F)cc(F)c1F.Cl. The van der Waals surface area contributed by atoms with Crippen molar-refractivity contribution in [3.05, 3.63) is 29.3 Å². The van der Waals surface area contributed by atoms with E-state index in [9.17, 15) is 26.0 Å². The molecule has 0 saturated carbocycles. The van der Waals surface area contributed by atoms with E-state index in [1.807, 2.05) is 0 Å². The summed E-state index contributed by atoms with van der Waals surface area (Å²) in [5, 5.41) is 0. The molecule has 0 amide bonds. The molecule has 0 saturated heterocycles. The first kappa shape index (κ1) is 19.1. The van der Waals surface area contributed by atoms with Gasteiger partial charge in [-0.25, -0.2) is 30.7 Å². The predicted molar refractivity (Wildman–Crippen MR) is 67.0 cm³/mol. The molecule has 1 aromatic rings. The molecule has 0 aliphatic rings. The Morgan fingerprint density at radius 2 is 1.55 bits per heavy atom. The topological polar surface area (TPSA) is 72.2 Å². The average Bonchev–Trinajstić information content (AvgIpc) is 2.23. The van der Waals surface area contributed by atoms with E-state index in [0.717, 1.165) is 0 Å². The molecule has 4 nitrogen and oxygen atoms in total. The number of halogens is 5. The molecule has 0 heterocycles. The monoisotopic (exact) mass is 336 g/mol. The van der Waals surface area contributed by atoms with Crippen molar-refractivity contribution in [3.63, 3.8) is 0 Å². The zero-order valence-electron chi connectivity index (χ0n) is 10.5. The summed E-state index contributed by atoms with van der Waals surface area (Å²) in [7, 11) is -4.76. The molecule has 10 heteroatoms. The third-order valence-electron chi connectivity index (χ3n) is 2.06. The van der Waals surface area contributed by atoms with Crippen molar-refractivity contribution in [3.8, 4) is 0 Å². The number of nitrogens with one attached hydrogen (secondary N) is 1. The van der Waals surface area contributed by atoms with Gasteiger partial charge in [-0.05, 0) is 13.8 Å². The van der Waals surface area contributed by atoms with Crippen LogP contribution in [0.3, 0.4) is 0 Å². The first-order valence-corrected chi connectivity index (χ1v) is 6.55. The van der Waals surface area contributed by atoms with Gasteiger partial charge in [-0.1, -0.05) is 0 Å². The fourth-order valence-corrected chi connectivity index (χ4v) is 2.51. The van der Waals surface area contributed by atoms with E-state index in [1.165, 1.54) is 13.8 Å². The molecule has 116 valence electrons. The van der Waals surface area contributed by atoms with E-state index in [0.29, 0.717) is 0 Å². The second-order valence-corrected chi connectivity index (χ2v) is 6.31. The third kappa shape index (κ3) is 4.30. The van der Waals surface area contributed by atoms with Gasteiger partial charge in [0, 0.05) is 18.2 Å². The van der Waals surface area contributed by atoms with Crippen LogP contribution in [0.1, 0.15) is 13.8 Å². The number of hydrogen-bond donors (Lipinski definition) is 2. The highest BCUT2D eigenvalue weighted by atomic mass is 35.5. The largest absolute Gasteiger partial charge is 0.324 e. The number of benzene rings is 1. The predicted octanol–water partition coefficient (Wildman–Crippen LogP) is 1.68. The summed E-state index contributed by atoms with van der Waals surface area (Å²) in [6, 6.07) is -0.0729. The maximum atomic E-state index is 13.3. The molecule has 0 aromatic heterocycles. The molecule has 0 unspecified atom stereocenters. The van der Waals surface area contributed by atoms with Gasteiger partial charge in [-0.2, -0.15) is 0 Å². The molecular formula is C10H13ClF4N2O2S. The molecule has 1 rings (SSSR count). The van der Waals surface area contributed by atoms with E-state index < -0.39 is 43.7 Å². The van der Waals surface area contributed by atoms with E-state index in [2.05, 4.69) is 0 Å². The van der Waals surface area contributed by atoms with Crippen LogP contribution in [0.15, 0.2) is 11.0 Å². The maximum absolute atomic E-state index is 13.3. The van der Waals surface area contributed by atoms with Gasteiger partial charge < -0.3 is 5.73 Å². The van der Waals surface area contributed by atoms with Crippen LogP contribution in [0.25, 0.3) is 0 Å². The Morgan fingerprint density at radius 1 is 1.15 bits per heavy atom. The van der Waals surface area contributed by atoms with Crippen molar-refractivity contribution in [2.75, 3.05) is 6.54 Å². The van der Waals surface area contributed by atoms with Gasteiger partial charge in [0.05, 0.1) is 0 Å². The number of hydrogen-bond acceptors (Lipinski definition) is 3. The Bertz CT molecular complexity index is 576. The standard InChI is InChI=1S/C10H12F4N2O2S.ClH/c1-10(2,15)4-16-19(17,18)9-7(13)5(11)3-6(12)8(9)14;/h3,16H,4,15H2,1-2H3;1H. The minimum absolute atomic E-state index is 0. The molecule has 0 bridgehead atoms. The van der Waals surface area contributed by atoms with Crippen LogP contribution in [0.4, 0.5) is 17.6 Å². The van der Waals surface area contributed by atoms with Crippen LogP contribution in [-0.4, -0.2) is 20.5 Å². The van der Waals surface area contributed by atoms with Gasteiger partial charge in [-0.3, -0.25) is 0 Å². The molecular weight excluding hydrogens is 324 g/mol. The van der Waals surface area contributed by atoms with Crippen molar-refractivity contribution in [1.82, 2.24) is 4.72 Å². The highest BCUT2D eigenvalue weighted by Crippen LogP contribution is 2.23. The minimum Gasteiger partial charge on any atom is -0.324 e.